The highest BCUT2D eigenvalue weighted by Crippen LogP contribution is 2.27. The number of carbonyl (C=O) groups is 1. The molecule has 0 spiro atoms. The Morgan fingerprint density at radius 1 is 1.18 bits per heavy atom. The summed E-state index contributed by atoms with van der Waals surface area (Å²) in [5.74, 6) is 0.135. The standard InChI is InChI=1S/C18H26N2O.ClH/c1-12(20-18(21)16-7-4-8-17(16)19)14-10-9-13-5-2-3-6-15(13)11-14;/h9-12,16-17H,2-8,19H2,1H3,(H,20,21);1H. The number of aryl methyl sites for hydroxylation is 2. The van der Waals surface area contributed by atoms with Crippen LogP contribution < -0.4 is 11.1 Å². The molecule has 1 aromatic carbocycles. The van der Waals surface area contributed by atoms with E-state index >= 15 is 0 Å². The molecule has 122 valence electrons. The molecule has 1 amide bonds. The van der Waals surface area contributed by atoms with Crippen molar-refractivity contribution in [3.8, 4) is 0 Å². The highest BCUT2D eigenvalue weighted by atomic mass is 35.5. The Morgan fingerprint density at radius 2 is 1.91 bits per heavy atom. The zero-order valence-electron chi connectivity index (χ0n) is 13.3. The van der Waals surface area contributed by atoms with Crippen LogP contribution in [-0.2, 0) is 17.6 Å². The second kappa shape index (κ2) is 7.47. The van der Waals surface area contributed by atoms with E-state index in [1.807, 2.05) is 0 Å². The number of hydrogen-bond acceptors (Lipinski definition) is 2. The summed E-state index contributed by atoms with van der Waals surface area (Å²) in [5.41, 5.74) is 10.2. The van der Waals surface area contributed by atoms with Crippen molar-refractivity contribution in [2.75, 3.05) is 0 Å². The molecule has 2 aliphatic rings. The van der Waals surface area contributed by atoms with Gasteiger partial charge in [-0.05, 0) is 62.1 Å². The topological polar surface area (TPSA) is 55.1 Å². The lowest BCUT2D eigenvalue weighted by molar-refractivity contribution is -0.125. The molecule has 1 fully saturated rings. The zero-order chi connectivity index (χ0) is 14.8. The molecule has 0 bridgehead atoms. The fourth-order valence-electron chi connectivity index (χ4n) is 3.74. The first-order valence-corrected chi connectivity index (χ1v) is 8.33. The van der Waals surface area contributed by atoms with Gasteiger partial charge in [-0.3, -0.25) is 4.79 Å². The number of nitrogens with one attached hydrogen (secondary N) is 1. The van der Waals surface area contributed by atoms with Crippen LogP contribution in [0.2, 0.25) is 0 Å². The van der Waals surface area contributed by atoms with Crippen molar-refractivity contribution in [2.24, 2.45) is 11.7 Å². The molecule has 3 unspecified atom stereocenters. The molecule has 22 heavy (non-hydrogen) atoms. The van der Waals surface area contributed by atoms with Crippen molar-refractivity contribution in [1.82, 2.24) is 5.32 Å². The molecule has 3 N–H and O–H groups in total. The summed E-state index contributed by atoms with van der Waals surface area (Å²) in [6.45, 7) is 2.07. The number of amides is 1. The predicted octanol–water partition coefficient (Wildman–Crippen LogP) is 3.29. The van der Waals surface area contributed by atoms with Crippen LogP contribution in [0.15, 0.2) is 18.2 Å². The maximum atomic E-state index is 12.3. The van der Waals surface area contributed by atoms with Crippen molar-refractivity contribution < 1.29 is 4.79 Å². The number of nitrogens with two attached hydrogens (primary N) is 1. The van der Waals surface area contributed by atoms with Crippen LogP contribution >= 0.6 is 12.4 Å². The third-order valence-corrected chi connectivity index (χ3v) is 5.14. The number of hydrogen-bond donors (Lipinski definition) is 2. The van der Waals surface area contributed by atoms with E-state index in [9.17, 15) is 4.79 Å². The first-order chi connectivity index (χ1) is 10.1. The Labute approximate surface area is 139 Å². The molecule has 2 aliphatic carbocycles. The van der Waals surface area contributed by atoms with Crippen LogP contribution in [0.5, 0.6) is 0 Å². The maximum Gasteiger partial charge on any atom is 0.225 e. The van der Waals surface area contributed by atoms with Gasteiger partial charge in [0.1, 0.15) is 0 Å². The van der Waals surface area contributed by atoms with Crippen LogP contribution in [0.25, 0.3) is 0 Å². The second-order valence-electron chi connectivity index (χ2n) is 6.67. The van der Waals surface area contributed by atoms with E-state index in [0.717, 1.165) is 19.3 Å². The minimum atomic E-state index is 0. The monoisotopic (exact) mass is 322 g/mol. The van der Waals surface area contributed by atoms with E-state index in [4.69, 9.17) is 5.73 Å². The second-order valence-corrected chi connectivity index (χ2v) is 6.67. The summed E-state index contributed by atoms with van der Waals surface area (Å²) in [5, 5.41) is 3.16. The Balaban J connectivity index is 0.00000176. The Hall–Kier alpha value is -1.06. The van der Waals surface area contributed by atoms with E-state index < -0.39 is 0 Å². The first-order valence-electron chi connectivity index (χ1n) is 8.33. The number of carbonyl (C=O) groups excluding carboxylic acids is 1. The van der Waals surface area contributed by atoms with E-state index in [0.29, 0.717) is 0 Å². The third kappa shape index (κ3) is 3.64. The van der Waals surface area contributed by atoms with E-state index in [2.05, 4.69) is 30.4 Å². The number of fused-ring (bicyclic) bond motifs is 1. The molecule has 0 heterocycles. The fraction of sp³-hybridized carbons (Fsp3) is 0.611. The van der Waals surface area contributed by atoms with Gasteiger partial charge in [-0.1, -0.05) is 24.6 Å². The van der Waals surface area contributed by atoms with Gasteiger partial charge in [0.05, 0.1) is 12.0 Å². The van der Waals surface area contributed by atoms with Crippen LogP contribution in [0, 0.1) is 5.92 Å². The SMILES string of the molecule is CC(NC(=O)C1CCCC1N)c1ccc2c(c1)CCCC2.Cl. The molecule has 3 atom stereocenters. The van der Waals surface area contributed by atoms with Gasteiger partial charge in [-0.15, -0.1) is 12.4 Å². The van der Waals surface area contributed by atoms with Gasteiger partial charge in [-0.2, -0.15) is 0 Å². The van der Waals surface area contributed by atoms with Crippen LogP contribution in [0.4, 0.5) is 0 Å². The normalized spacial score (nSPS) is 25.0. The summed E-state index contributed by atoms with van der Waals surface area (Å²) in [6, 6.07) is 6.81. The van der Waals surface area contributed by atoms with Gasteiger partial charge in [0.15, 0.2) is 0 Å². The summed E-state index contributed by atoms with van der Waals surface area (Å²) in [7, 11) is 0. The van der Waals surface area contributed by atoms with Crippen molar-refractivity contribution >= 4 is 18.3 Å². The highest BCUT2D eigenvalue weighted by molar-refractivity contribution is 5.85. The third-order valence-electron chi connectivity index (χ3n) is 5.14. The maximum absolute atomic E-state index is 12.3. The molecular weight excluding hydrogens is 296 g/mol. The number of rotatable bonds is 3. The number of benzene rings is 1. The lowest BCUT2D eigenvalue weighted by Crippen LogP contribution is -2.39. The summed E-state index contributed by atoms with van der Waals surface area (Å²) >= 11 is 0. The van der Waals surface area contributed by atoms with Crippen molar-refractivity contribution in [1.29, 1.82) is 0 Å². The van der Waals surface area contributed by atoms with Crippen LogP contribution in [0.3, 0.4) is 0 Å². The smallest absolute Gasteiger partial charge is 0.225 e. The summed E-state index contributed by atoms with van der Waals surface area (Å²) in [6.07, 6.45) is 7.96. The van der Waals surface area contributed by atoms with Crippen molar-refractivity contribution in [3.63, 3.8) is 0 Å². The quantitative estimate of drug-likeness (QED) is 0.897. The van der Waals surface area contributed by atoms with E-state index in [1.54, 1.807) is 0 Å². The minimum absolute atomic E-state index is 0. The molecule has 3 rings (SSSR count). The molecule has 0 aliphatic heterocycles. The summed E-state index contributed by atoms with van der Waals surface area (Å²) in [4.78, 5) is 12.3. The average Bonchev–Trinajstić information content (AvgIpc) is 2.93. The Kier molecular flexibility index (Phi) is 5.87. The van der Waals surface area contributed by atoms with Gasteiger partial charge >= 0.3 is 0 Å². The zero-order valence-corrected chi connectivity index (χ0v) is 14.1. The molecule has 0 aromatic heterocycles. The fourth-order valence-corrected chi connectivity index (χ4v) is 3.74. The first kappa shape index (κ1) is 17.3. The predicted molar refractivity (Wildman–Crippen MR) is 92.2 cm³/mol. The van der Waals surface area contributed by atoms with Gasteiger partial charge < -0.3 is 11.1 Å². The van der Waals surface area contributed by atoms with Crippen molar-refractivity contribution in [3.05, 3.63) is 34.9 Å². The summed E-state index contributed by atoms with van der Waals surface area (Å²) < 4.78 is 0. The van der Waals surface area contributed by atoms with Gasteiger partial charge in [0, 0.05) is 6.04 Å². The highest BCUT2D eigenvalue weighted by Gasteiger charge is 2.30. The largest absolute Gasteiger partial charge is 0.349 e. The Bertz CT molecular complexity index is 532. The lowest BCUT2D eigenvalue weighted by Gasteiger charge is -2.22. The van der Waals surface area contributed by atoms with E-state index in [-0.39, 0.29) is 36.3 Å². The van der Waals surface area contributed by atoms with Gasteiger partial charge in [0.25, 0.3) is 0 Å². The van der Waals surface area contributed by atoms with Gasteiger partial charge in [-0.25, -0.2) is 0 Å². The minimum Gasteiger partial charge on any atom is -0.349 e. The molecule has 4 heteroatoms. The van der Waals surface area contributed by atoms with Crippen LogP contribution in [-0.4, -0.2) is 11.9 Å². The Morgan fingerprint density at radius 3 is 2.59 bits per heavy atom. The van der Waals surface area contributed by atoms with Crippen LogP contribution in [0.1, 0.15) is 61.8 Å². The molecule has 0 radical (unpaired) electrons. The van der Waals surface area contributed by atoms with E-state index in [1.165, 1.54) is 42.4 Å². The lowest BCUT2D eigenvalue weighted by atomic mass is 9.89. The molecule has 1 saturated carbocycles. The number of halogens is 1. The molecule has 0 saturated heterocycles. The molecule has 3 nitrogen and oxygen atoms in total. The van der Waals surface area contributed by atoms with Crippen molar-refractivity contribution in [2.45, 2.75) is 64.0 Å². The molecule has 1 aromatic rings. The molecular formula is C18H27ClN2O. The average molecular weight is 323 g/mol. The van der Waals surface area contributed by atoms with Gasteiger partial charge in [0.2, 0.25) is 5.91 Å².